The quantitative estimate of drug-likeness (QED) is 0.0288. The number of likely N-dealkylation sites (N-methyl/N-ethyl adjacent to an activating group) is 1. The molecule has 0 aromatic carbocycles. The van der Waals surface area contributed by atoms with Gasteiger partial charge < -0.3 is 23.8 Å². The average molecular weight is 785 g/mol. The first kappa shape index (κ1) is 52.8. The Labute approximate surface area is 342 Å². The molecule has 0 heterocycles. The molecule has 0 bridgehead atoms. The molecular formula is C48H82NO7+. The highest BCUT2D eigenvalue weighted by Crippen LogP contribution is 2.13. The number of hydrogen-bond donors (Lipinski definition) is 1. The Morgan fingerprint density at radius 3 is 1.50 bits per heavy atom. The summed E-state index contributed by atoms with van der Waals surface area (Å²) in [5, 5.41) is 9.61. The van der Waals surface area contributed by atoms with Crippen LogP contribution in [-0.4, -0.2) is 80.6 Å². The van der Waals surface area contributed by atoms with Crippen molar-refractivity contribution in [3.8, 4) is 0 Å². The second kappa shape index (κ2) is 38.6. The van der Waals surface area contributed by atoms with E-state index >= 15 is 0 Å². The van der Waals surface area contributed by atoms with E-state index in [4.69, 9.17) is 14.2 Å². The molecule has 320 valence electrons. The lowest BCUT2D eigenvalue weighted by Gasteiger charge is -2.31. The third-order valence-corrected chi connectivity index (χ3v) is 9.34. The lowest BCUT2D eigenvalue weighted by Crippen LogP contribution is -2.50. The fraction of sp³-hybridized carbons (Fsp3) is 0.688. The molecule has 1 N–H and O–H groups in total. The topological polar surface area (TPSA) is 99.1 Å². The molecule has 56 heavy (non-hydrogen) atoms. The number of ether oxygens (including phenoxy) is 3. The van der Waals surface area contributed by atoms with Crippen molar-refractivity contribution in [1.82, 2.24) is 0 Å². The van der Waals surface area contributed by atoms with E-state index in [1.165, 1.54) is 25.7 Å². The van der Waals surface area contributed by atoms with Crippen molar-refractivity contribution in [3.63, 3.8) is 0 Å². The molecule has 0 aromatic heterocycles. The minimum atomic E-state index is -0.883. The first-order chi connectivity index (χ1) is 27.1. The van der Waals surface area contributed by atoms with Crippen LogP contribution in [0.1, 0.15) is 162 Å². The Morgan fingerprint density at radius 1 is 0.554 bits per heavy atom. The predicted octanol–water partition coefficient (Wildman–Crippen LogP) is 12.0. The molecule has 0 aromatic rings. The third-order valence-electron chi connectivity index (χ3n) is 9.34. The van der Waals surface area contributed by atoms with Crippen molar-refractivity contribution < 1.29 is 38.2 Å². The highest BCUT2D eigenvalue weighted by atomic mass is 16.6. The van der Waals surface area contributed by atoms with Gasteiger partial charge in [0.25, 0.3) is 0 Å². The summed E-state index contributed by atoms with van der Waals surface area (Å²) in [6, 6.07) is -0.621. The second-order valence-corrected chi connectivity index (χ2v) is 15.6. The minimum Gasteiger partial charge on any atom is -0.477 e. The Bertz CT molecular complexity index is 1140. The number of rotatable bonds is 38. The van der Waals surface area contributed by atoms with Crippen molar-refractivity contribution in [3.05, 3.63) is 72.9 Å². The lowest BCUT2D eigenvalue weighted by atomic mass is 10.1. The van der Waals surface area contributed by atoms with Crippen LogP contribution in [0.2, 0.25) is 0 Å². The maximum absolute atomic E-state index is 12.7. The zero-order chi connectivity index (χ0) is 41.4. The van der Waals surface area contributed by atoms with Gasteiger partial charge in [-0.1, -0.05) is 138 Å². The monoisotopic (exact) mass is 785 g/mol. The smallest absolute Gasteiger partial charge is 0.362 e. The van der Waals surface area contributed by atoms with Crippen molar-refractivity contribution in [2.24, 2.45) is 0 Å². The Morgan fingerprint density at radius 2 is 1.00 bits per heavy atom. The van der Waals surface area contributed by atoms with Gasteiger partial charge in [0, 0.05) is 19.3 Å². The number of esters is 2. The normalized spacial score (nSPS) is 13.7. The van der Waals surface area contributed by atoms with Crippen LogP contribution in [-0.2, 0) is 28.6 Å². The standard InChI is InChI=1S/C48H81NO7/c1-6-8-10-12-14-16-18-19-20-21-22-23-24-25-26-27-28-29-31-33-35-37-39-47(51)56-44(42-54-41-40-45(48(52)53)49(3,4)5)43-55-46(50)38-36-34-32-30-17-15-13-11-9-7-2/h8,10,13-16,19-20,22-23,25-26,44-45H,6-7,9,11-12,17-18,21,24,27-43H2,1-5H3/p+1/b10-8+,15-13+,16-14+,20-19+,23-22+,26-25+. The Balaban J connectivity index is 4.34. The molecule has 0 saturated carbocycles. The summed E-state index contributed by atoms with van der Waals surface area (Å²) in [6.45, 7) is 4.53. The number of carbonyl (C=O) groups excluding carboxylic acids is 2. The molecule has 8 nitrogen and oxygen atoms in total. The number of allylic oxidation sites excluding steroid dienone is 12. The maximum atomic E-state index is 12.7. The van der Waals surface area contributed by atoms with E-state index in [0.717, 1.165) is 103 Å². The van der Waals surface area contributed by atoms with Crippen LogP contribution in [0.5, 0.6) is 0 Å². The summed E-state index contributed by atoms with van der Waals surface area (Å²) >= 11 is 0. The van der Waals surface area contributed by atoms with E-state index in [1.54, 1.807) is 0 Å². The zero-order valence-electron chi connectivity index (χ0n) is 36.3. The summed E-state index contributed by atoms with van der Waals surface area (Å²) in [7, 11) is 5.51. The number of carboxylic acid groups (broad SMARTS) is 1. The summed E-state index contributed by atoms with van der Waals surface area (Å²) in [6.07, 6.45) is 48.0. The number of unbranched alkanes of at least 4 members (excludes halogenated alkanes) is 12. The highest BCUT2D eigenvalue weighted by molar-refractivity contribution is 5.72. The van der Waals surface area contributed by atoms with Crippen LogP contribution in [0.25, 0.3) is 0 Å². The number of carbonyl (C=O) groups is 3. The molecule has 0 amide bonds. The number of carboxylic acids is 1. The van der Waals surface area contributed by atoms with Crippen LogP contribution in [0.15, 0.2) is 72.9 Å². The summed E-state index contributed by atoms with van der Waals surface area (Å²) < 4.78 is 17.2. The SMILES string of the molecule is CC/C=C/C/C=C/C/C=C/C/C=C/C/C=C/CCCCCCCCC(=O)OC(COCCC(C(=O)O)[N+](C)(C)C)COC(=O)CCCCCC/C=C/CCCC. The molecule has 0 saturated heterocycles. The van der Waals surface area contributed by atoms with Gasteiger partial charge in [-0.25, -0.2) is 4.79 Å². The lowest BCUT2D eigenvalue weighted by molar-refractivity contribution is -0.887. The van der Waals surface area contributed by atoms with Gasteiger partial charge in [-0.05, 0) is 77.0 Å². The molecule has 0 aliphatic rings. The molecule has 2 atom stereocenters. The van der Waals surface area contributed by atoms with Gasteiger partial charge in [-0.15, -0.1) is 0 Å². The van der Waals surface area contributed by atoms with E-state index in [-0.39, 0.29) is 36.2 Å². The van der Waals surface area contributed by atoms with Crippen LogP contribution in [0, 0.1) is 0 Å². The molecule has 0 radical (unpaired) electrons. The zero-order valence-corrected chi connectivity index (χ0v) is 36.3. The van der Waals surface area contributed by atoms with E-state index in [1.807, 2.05) is 21.1 Å². The van der Waals surface area contributed by atoms with Crippen molar-refractivity contribution in [1.29, 1.82) is 0 Å². The molecule has 0 spiro atoms. The molecule has 0 rings (SSSR count). The van der Waals surface area contributed by atoms with Gasteiger partial charge in [-0.3, -0.25) is 9.59 Å². The van der Waals surface area contributed by atoms with Gasteiger partial charge in [0.1, 0.15) is 6.61 Å². The van der Waals surface area contributed by atoms with E-state index < -0.39 is 18.1 Å². The van der Waals surface area contributed by atoms with Crippen LogP contribution in [0.4, 0.5) is 0 Å². The van der Waals surface area contributed by atoms with Gasteiger partial charge in [0.2, 0.25) is 0 Å². The second-order valence-electron chi connectivity index (χ2n) is 15.6. The van der Waals surface area contributed by atoms with Crippen molar-refractivity contribution in [2.45, 2.75) is 174 Å². The van der Waals surface area contributed by atoms with Crippen LogP contribution < -0.4 is 0 Å². The van der Waals surface area contributed by atoms with Gasteiger partial charge in [-0.2, -0.15) is 0 Å². The summed E-state index contributed by atoms with van der Waals surface area (Å²) in [5.41, 5.74) is 0. The summed E-state index contributed by atoms with van der Waals surface area (Å²) in [4.78, 5) is 36.9. The van der Waals surface area contributed by atoms with E-state index in [2.05, 4.69) is 86.8 Å². The van der Waals surface area contributed by atoms with Crippen LogP contribution >= 0.6 is 0 Å². The van der Waals surface area contributed by atoms with Gasteiger partial charge in [0.15, 0.2) is 12.1 Å². The minimum absolute atomic E-state index is 0.0478. The van der Waals surface area contributed by atoms with Crippen LogP contribution in [0.3, 0.4) is 0 Å². The number of aliphatic carboxylic acids is 1. The maximum Gasteiger partial charge on any atom is 0.362 e. The first-order valence-electron chi connectivity index (χ1n) is 22.0. The van der Waals surface area contributed by atoms with E-state index in [0.29, 0.717) is 19.3 Å². The Hall–Kier alpha value is -3.23. The predicted molar refractivity (Wildman–Crippen MR) is 233 cm³/mol. The molecule has 0 fully saturated rings. The number of quaternary nitrogens is 1. The number of hydrogen-bond acceptors (Lipinski definition) is 6. The highest BCUT2D eigenvalue weighted by Gasteiger charge is 2.31. The van der Waals surface area contributed by atoms with Crippen molar-refractivity contribution >= 4 is 17.9 Å². The molecule has 2 unspecified atom stereocenters. The van der Waals surface area contributed by atoms with Gasteiger partial charge in [0.05, 0.1) is 34.4 Å². The molecule has 8 heteroatoms. The molecule has 0 aliphatic carbocycles. The first-order valence-corrected chi connectivity index (χ1v) is 22.0. The van der Waals surface area contributed by atoms with Gasteiger partial charge >= 0.3 is 17.9 Å². The third kappa shape index (κ3) is 36.4. The van der Waals surface area contributed by atoms with Crippen molar-refractivity contribution in [2.75, 3.05) is 41.0 Å². The molecular weight excluding hydrogens is 703 g/mol. The number of nitrogens with zero attached hydrogens (tertiary/aromatic N) is 1. The molecule has 0 aliphatic heterocycles. The van der Waals surface area contributed by atoms with E-state index in [9.17, 15) is 19.5 Å². The average Bonchev–Trinajstić information content (AvgIpc) is 3.15. The Kier molecular flexibility index (Phi) is 36.4. The largest absolute Gasteiger partial charge is 0.477 e. The fourth-order valence-corrected chi connectivity index (χ4v) is 5.92. The summed E-state index contributed by atoms with van der Waals surface area (Å²) in [5.74, 6) is -1.51. The fourth-order valence-electron chi connectivity index (χ4n) is 5.92.